The van der Waals surface area contributed by atoms with E-state index in [9.17, 15) is 4.79 Å². The van der Waals surface area contributed by atoms with Crippen LogP contribution in [0.5, 0.6) is 0 Å². The maximum absolute atomic E-state index is 12.9. The van der Waals surface area contributed by atoms with Gasteiger partial charge in [-0.2, -0.15) is 5.10 Å². The molecule has 0 amide bonds. The highest BCUT2D eigenvalue weighted by Crippen LogP contribution is 2.27. The zero-order valence-corrected chi connectivity index (χ0v) is 14.3. The summed E-state index contributed by atoms with van der Waals surface area (Å²) in [6, 6.07) is 13.4. The Morgan fingerprint density at radius 2 is 1.70 bits per heavy atom. The average Bonchev–Trinajstić information content (AvgIpc) is 3.06. The monoisotopic (exact) mass is 355 g/mol. The quantitative estimate of drug-likeness (QED) is 0.482. The van der Waals surface area contributed by atoms with E-state index in [1.165, 1.54) is 4.57 Å². The first-order valence-corrected chi connectivity index (χ1v) is 8.34. The van der Waals surface area contributed by atoms with E-state index in [4.69, 9.17) is 0 Å². The molecule has 0 aliphatic rings. The third-order valence-corrected chi connectivity index (χ3v) is 4.38. The van der Waals surface area contributed by atoms with E-state index in [0.717, 1.165) is 16.8 Å². The lowest BCUT2D eigenvalue weighted by Crippen LogP contribution is -2.21. The third-order valence-electron chi connectivity index (χ3n) is 4.38. The molecule has 4 aromatic heterocycles. The van der Waals surface area contributed by atoms with E-state index in [2.05, 4.69) is 25.3 Å². The molecule has 5 aromatic rings. The first-order valence-electron chi connectivity index (χ1n) is 8.34. The second-order valence-electron chi connectivity index (χ2n) is 6.04. The number of hydrogen-bond donors (Lipinski definition) is 0. The molecule has 8 heteroatoms. The summed E-state index contributed by atoms with van der Waals surface area (Å²) in [6.45, 7) is 1.92. The van der Waals surface area contributed by atoms with Crippen LogP contribution >= 0.6 is 0 Å². The Labute approximate surface area is 152 Å². The van der Waals surface area contributed by atoms with Gasteiger partial charge < -0.3 is 0 Å². The molecule has 5 rings (SSSR count). The van der Waals surface area contributed by atoms with Crippen LogP contribution in [0.1, 0.15) is 5.69 Å². The molecule has 0 N–H and O–H groups in total. The molecular formula is C19H13N7O. The highest BCUT2D eigenvalue weighted by Gasteiger charge is 2.17. The number of aryl methyl sites for hydroxylation is 1. The van der Waals surface area contributed by atoms with Crippen LogP contribution in [0.15, 0.2) is 65.8 Å². The summed E-state index contributed by atoms with van der Waals surface area (Å²) in [5.41, 5.74) is 3.78. The van der Waals surface area contributed by atoms with Crippen LogP contribution < -0.4 is 5.56 Å². The Balaban J connectivity index is 1.80. The van der Waals surface area contributed by atoms with Crippen molar-refractivity contribution in [2.24, 2.45) is 0 Å². The van der Waals surface area contributed by atoms with Gasteiger partial charge in [0.05, 0.1) is 11.3 Å². The van der Waals surface area contributed by atoms with Crippen molar-refractivity contribution in [3.63, 3.8) is 0 Å². The number of aromatic nitrogens is 7. The second kappa shape index (κ2) is 5.80. The smallest absolute Gasteiger partial charge is 0.266 e. The van der Waals surface area contributed by atoms with Crippen LogP contribution in [0.2, 0.25) is 0 Å². The lowest BCUT2D eigenvalue weighted by molar-refractivity contribution is 0.870. The molecule has 0 saturated heterocycles. The number of rotatable bonds is 2. The van der Waals surface area contributed by atoms with Crippen molar-refractivity contribution < 1.29 is 0 Å². The number of hydrogen-bond acceptors (Lipinski definition) is 6. The number of nitrogens with zero attached hydrogens (tertiary/aromatic N) is 7. The van der Waals surface area contributed by atoms with Crippen LogP contribution in [0.25, 0.3) is 33.8 Å². The summed E-state index contributed by atoms with van der Waals surface area (Å²) < 4.78 is 3.01. The van der Waals surface area contributed by atoms with Gasteiger partial charge in [-0.1, -0.05) is 30.3 Å². The maximum Gasteiger partial charge on any atom is 0.287 e. The fourth-order valence-electron chi connectivity index (χ4n) is 3.17. The van der Waals surface area contributed by atoms with Crippen LogP contribution in [0.4, 0.5) is 0 Å². The zero-order chi connectivity index (χ0) is 18.4. The maximum atomic E-state index is 12.9. The standard InChI is InChI=1S/C19H13N7O/c1-12-15(13-6-3-2-4-7-13)17-23-22-16-14(26(17)24-12)8-11-25(18(16)27)19-20-9-5-10-21-19/h2-11H,1H3. The molecule has 0 aliphatic heterocycles. The number of pyridine rings is 1. The van der Waals surface area contributed by atoms with Gasteiger partial charge in [-0.3, -0.25) is 4.79 Å². The molecule has 1 aromatic carbocycles. The van der Waals surface area contributed by atoms with Gasteiger partial charge in [-0.05, 0) is 24.6 Å². The van der Waals surface area contributed by atoms with Gasteiger partial charge in [-0.25, -0.2) is 19.1 Å². The Morgan fingerprint density at radius 3 is 2.48 bits per heavy atom. The van der Waals surface area contributed by atoms with E-state index >= 15 is 0 Å². The van der Waals surface area contributed by atoms with Gasteiger partial charge in [0.25, 0.3) is 5.56 Å². The first-order chi connectivity index (χ1) is 13.2. The summed E-state index contributed by atoms with van der Waals surface area (Å²) in [6.07, 6.45) is 4.79. The molecule has 0 saturated carbocycles. The molecule has 0 radical (unpaired) electrons. The minimum Gasteiger partial charge on any atom is -0.266 e. The molecular weight excluding hydrogens is 342 g/mol. The van der Waals surface area contributed by atoms with E-state index < -0.39 is 0 Å². The van der Waals surface area contributed by atoms with E-state index in [0.29, 0.717) is 11.2 Å². The van der Waals surface area contributed by atoms with Crippen molar-refractivity contribution in [2.45, 2.75) is 6.92 Å². The van der Waals surface area contributed by atoms with Gasteiger partial charge in [0.2, 0.25) is 5.95 Å². The molecule has 0 aliphatic carbocycles. The topological polar surface area (TPSA) is 90.9 Å². The highest BCUT2D eigenvalue weighted by molar-refractivity contribution is 5.84. The minimum absolute atomic E-state index is 0.208. The number of fused-ring (bicyclic) bond motifs is 3. The first kappa shape index (κ1) is 15.3. The highest BCUT2D eigenvalue weighted by atomic mass is 16.1. The van der Waals surface area contributed by atoms with Crippen molar-refractivity contribution in [2.75, 3.05) is 0 Å². The van der Waals surface area contributed by atoms with Crippen LogP contribution in [-0.4, -0.2) is 34.3 Å². The van der Waals surface area contributed by atoms with Gasteiger partial charge >= 0.3 is 0 Å². The SMILES string of the molecule is Cc1nn2c(nnc3c(=O)n(-c4ncccn4)ccc32)c1-c1ccccc1. The Bertz CT molecular complexity index is 1340. The van der Waals surface area contributed by atoms with Gasteiger partial charge in [-0.15, -0.1) is 10.2 Å². The second-order valence-corrected chi connectivity index (χ2v) is 6.04. The molecule has 0 fully saturated rings. The van der Waals surface area contributed by atoms with Crippen molar-refractivity contribution in [1.82, 2.24) is 34.3 Å². The molecule has 0 unspecified atom stereocenters. The molecule has 0 atom stereocenters. The molecule has 27 heavy (non-hydrogen) atoms. The molecule has 8 nitrogen and oxygen atoms in total. The molecule has 4 heterocycles. The third kappa shape index (κ3) is 2.30. The van der Waals surface area contributed by atoms with Gasteiger partial charge in [0.15, 0.2) is 11.2 Å². The number of benzene rings is 1. The largest absolute Gasteiger partial charge is 0.287 e. The summed E-state index contributed by atoms with van der Waals surface area (Å²) in [5, 5.41) is 13.1. The summed E-state index contributed by atoms with van der Waals surface area (Å²) in [4.78, 5) is 21.1. The minimum atomic E-state index is -0.345. The zero-order valence-electron chi connectivity index (χ0n) is 14.3. The molecule has 0 bridgehead atoms. The van der Waals surface area contributed by atoms with Crippen LogP contribution in [0, 0.1) is 6.92 Å². The predicted molar refractivity (Wildman–Crippen MR) is 99.6 cm³/mol. The van der Waals surface area contributed by atoms with E-state index in [-0.39, 0.29) is 17.0 Å². The van der Waals surface area contributed by atoms with E-state index in [1.54, 1.807) is 35.2 Å². The Hall–Kier alpha value is -3.94. The average molecular weight is 355 g/mol. The predicted octanol–water partition coefficient (Wildman–Crippen LogP) is 2.19. The molecule has 0 spiro atoms. The summed E-state index contributed by atoms with van der Waals surface area (Å²) >= 11 is 0. The van der Waals surface area contributed by atoms with Gasteiger partial charge in [0.1, 0.15) is 5.52 Å². The van der Waals surface area contributed by atoms with Crippen LogP contribution in [0.3, 0.4) is 0 Å². The summed E-state index contributed by atoms with van der Waals surface area (Å²) in [7, 11) is 0. The fraction of sp³-hybridized carbons (Fsp3) is 0.0526. The lowest BCUT2D eigenvalue weighted by Gasteiger charge is -2.05. The normalized spacial score (nSPS) is 11.3. The molecule has 130 valence electrons. The van der Waals surface area contributed by atoms with Crippen LogP contribution in [-0.2, 0) is 0 Å². The van der Waals surface area contributed by atoms with Crippen molar-refractivity contribution >= 4 is 16.7 Å². The lowest BCUT2D eigenvalue weighted by atomic mass is 10.1. The Kier molecular flexibility index (Phi) is 3.29. The van der Waals surface area contributed by atoms with Crippen molar-refractivity contribution in [1.29, 1.82) is 0 Å². The van der Waals surface area contributed by atoms with Gasteiger partial charge in [0, 0.05) is 18.6 Å². The Morgan fingerprint density at radius 1 is 0.926 bits per heavy atom. The fourth-order valence-corrected chi connectivity index (χ4v) is 3.17. The van der Waals surface area contributed by atoms with Crippen molar-refractivity contribution in [3.8, 4) is 17.1 Å². The van der Waals surface area contributed by atoms with E-state index in [1.807, 2.05) is 37.3 Å². The van der Waals surface area contributed by atoms with Crippen molar-refractivity contribution in [3.05, 3.63) is 77.1 Å². The summed E-state index contributed by atoms with van der Waals surface area (Å²) in [5.74, 6) is 0.285.